The average molecular weight is 632 g/mol. The quantitative estimate of drug-likeness (QED) is 0.307. The number of anilines is 5. The minimum atomic E-state index is -1.41. The molecule has 0 spiro atoms. The molecule has 1 atom stereocenters. The van der Waals surface area contributed by atoms with Crippen molar-refractivity contribution in [3.8, 4) is 0 Å². The molecular formula is C26H26FIN6O4. The number of nitrogens with zero attached hydrogens (tertiary/aromatic N) is 3. The topological polar surface area (TPSA) is 133 Å². The highest BCUT2D eigenvalue weighted by Gasteiger charge is 2.47. The summed E-state index contributed by atoms with van der Waals surface area (Å²) in [6.07, 6.45) is 0.0343. The monoisotopic (exact) mass is 632 g/mol. The molecule has 1 saturated carbocycles. The van der Waals surface area contributed by atoms with Gasteiger partial charge < -0.3 is 21.5 Å². The number of halogens is 2. The van der Waals surface area contributed by atoms with Gasteiger partial charge in [-0.15, -0.1) is 0 Å². The van der Waals surface area contributed by atoms with E-state index >= 15 is 0 Å². The third kappa shape index (κ3) is 4.52. The van der Waals surface area contributed by atoms with Gasteiger partial charge in [-0.2, -0.15) is 0 Å². The molecular weight excluding hydrogens is 606 g/mol. The van der Waals surface area contributed by atoms with Crippen molar-refractivity contribution in [1.29, 1.82) is 0 Å². The van der Waals surface area contributed by atoms with Crippen molar-refractivity contribution in [2.75, 3.05) is 22.1 Å². The predicted molar refractivity (Wildman–Crippen MR) is 150 cm³/mol. The summed E-state index contributed by atoms with van der Waals surface area (Å²) in [6, 6.07) is 11.1. The maximum atomic E-state index is 14.8. The Balaban J connectivity index is 1.73. The lowest BCUT2D eigenvalue weighted by Crippen LogP contribution is -2.55. The van der Waals surface area contributed by atoms with Crippen LogP contribution in [0.4, 0.5) is 33.0 Å². The number of hydrogen-bond donors (Lipinski definition) is 4. The van der Waals surface area contributed by atoms with Gasteiger partial charge in [0.15, 0.2) is 0 Å². The molecule has 2 aromatic carbocycles. The SMILES string of the molecule is Cc1c2c(c(Nc3ccc(I)cc3F)n(C)c1=O)C(=O)N(C1CC1)C(O)N2c1cccc(NC(=O)CN)c1. The van der Waals surface area contributed by atoms with Crippen LogP contribution >= 0.6 is 22.6 Å². The average Bonchev–Trinajstić information content (AvgIpc) is 3.72. The predicted octanol–water partition coefficient (Wildman–Crippen LogP) is 3.11. The molecule has 1 aliphatic heterocycles. The highest BCUT2D eigenvalue weighted by molar-refractivity contribution is 14.1. The number of benzene rings is 2. The smallest absolute Gasteiger partial charge is 0.263 e. The fourth-order valence-electron chi connectivity index (χ4n) is 4.68. The molecule has 198 valence electrons. The van der Waals surface area contributed by atoms with E-state index in [1.165, 1.54) is 33.5 Å². The molecule has 2 amide bonds. The van der Waals surface area contributed by atoms with Crippen molar-refractivity contribution in [3.63, 3.8) is 0 Å². The number of pyridine rings is 1. The summed E-state index contributed by atoms with van der Waals surface area (Å²) in [4.78, 5) is 42.1. The summed E-state index contributed by atoms with van der Waals surface area (Å²) in [5.74, 6) is -1.30. The molecule has 2 aliphatic rings. The van der Waals surface area contributed by atoms with Crippen LogP contribution in [-0.2, 0) is 11.8 Å². The van der Waals surface area contributed by atoms with Crippen molar-refractivity contribution in [2.45, 2.75) is 32.2 Å². The first kappa shape index (κ1) is 26.1. The fourth-order valence-corrected chi connectivity index (χ4v) is 5.13. The highest BCUT2D eigenvalue weighted by Crippen LogP contribution is 2.45. The Morgan fingerprint density at radius 2 is 1.95 bits per heavy atom. The second-order valence-electron chi connectivity index (χ2n) is 9.27. The summed E-state index contributed by atoms with van der Waals surface area (Å²) >= 11 is 2.00. The maximum Gasteiger partial charge on any atom is 0.263 e. The third-order valence-corrected chi connectivity index (χ3v) is 7.35. The van der Waals surface area contributed by atoms with Crippen LogP contribution in [0, 0.1) is 16.3 Å². The van der Waals surface area contributed by atoms with Crippen LogP contribution in [0.15, 0.2) is 47.3 Å². The Hall–Kier alpha value is -3.49. The molecule has 1 aliphatic carbocycles. The number of carbonyl (C=O) groups excluding carboxylic acids is 2. The van der Waals surface area contributed by atoms with Gasteiger partial charge in [-0.1, -0.05) is 6.07 Å². The molecule has 10 nitrogen and oxygen atoms in total. The minimum absolute atomic E-state index is 0.0985. The van der Waals surface area contributed by atoms with Crippen molar-refractivity contribution >= 4 is 63.0 Å². The Morgan fingerprint density at radius 3 is 2.61 bits per heavy atom. The molecule has 12 heteroatoms. The van der Waals surface area contributed by atoms with Gasteiger partial charge in [0.05, 0.1) is 17.9 Å². The lowest BCUT2D eigenvalue weighted by Gasteiger charge is -2.44. The van der Waals surface area contributed by atoms with Crippen LogP contribution < -0.4 is 26.8 Å². The van der Waals surface area contributed by atoms with Crippen molar-refractivity contribution in [2.24, 2.45) is 12.8 Å². The molecule has 1 fully saturated rings. The van der Waals surface area contributed by atoms with E-state index in [9.17, 15) is 23.9 Å². The first-order valence-corrected chi connectivity index (χ1v) is 13.1. The van der Waals surface area contributed by atoms with E-state index < -0.39 is 29.5 Å². The Kier molecular flexibility index (Phi) is 6.88. The molecule has 5 rings (SSSR count). The van der Waals surface area contributed by atoms with E-state index in [4.69, 9.17) is 5.73 Å². The number of hydrogen-bond acceptors (Lipinski definition) is 7. The normalized spacial score (nSPS) is 16.9. The molecule has 1 aromatic heterocycles. The molecule has 38 heavy (non-hydrogen) atoms. The van der Waals surface area contributed by atoms with Crippen molar-refractivity contribution in [3.05, 3.63) is 73.3 Å². The van der Waals surface area contributed by atoms with Crippen LogP contribution in [-0.4, -0.2) is 45.3 Å². The standard InChI is InChI=1S/C26H26FIN6O4/c1-13-22-21(23(32(2)24(13)36)31-19-9-6-14(28)10-18(19)27)25(37)34(16-7-8-16)26(38)33(22)17-5-3-4-15(11-17)30-20(35)12-29/h3-6,9-11,16,26,31,38H,7-8,12,29H2,1-2H3,(H,30,35). The molecule has 3 aromatic rings. The molecule has 0 radical (unpaired) electrons. The van der Waals surface area contributed by atoms with Gasteiger partial charge >= 0.3 is 0 Å². The van der Waals surface area contributed by atoms with E-state index in [1.807, 2.05) is 22.6 Å². The zero-order valence-corrected chi connectivity index (χ0v) is 22.8. The number of amides is 2. The summed E-state index contributed by atoms with van der Waals surface area (Å²) in [6.45, 7) is 1.37. The summed E-state index contributed by atoms with van der Waals surface area (Å²) in [5, 5.41) is 17.1. The zero-order chi connectivity index (χ0) is 27.3. The van der Waals surface area contributed by atoms with Gasteiger partial charge in [0.2, 0.25) is 12.3 Å². The number of fused-ring (bicyclic) bond motifs is 1. The van der Waals surface area contributed by atoms with E-state index in [1.54, 1.807) is 37.3 Å². The first-order chi connectivity index (χ1) is 18.1. The Labute approximate surface area is 231 Å². The zero-order valence-electron chi connectivity index (χ0n) is 20.7. The fraction of sp³-hybridized carbons (Fsp3) is 0.269. The van der Waals surface area contributed by atoms with Crippen LogP contribution in [0.25, 0.3) is 0 Å². The molecule has 2 heterocycles. The number of rotatable bonds is 6. The number of aliphatic hydroxyl groups excluding tert-OH is 1. The summed E-state index contributed by atoms with van der Waals surface area (Å²) in [5.41, 5.74) is 6.55. The second kappa shape index (κ2) is 10.0. The molecule has 1 unspecified atom stereocenters. The van der Waals surface area contributed by atoms with Gasteiger partial charge in [0.25, 0.3) is 11.5 Å². The van der Waals surface area contributed by atoms with Crippen molar-refractivity contribution < 1.29 is 19.1 Å². The maximum absolute atomic E-state index is 14.8. The van der Waals surface area contributed by atoms with E-state index in [2.05, 4.69) is 10.6 Å². The van der Waals surface area contributed by atoms with Gasteiger partial charge in [-0.05, 0) is 78.8 Å². The van der Waals surface area contributed by atoms with Gasteiger partial charge in [0, 0.05) is 33.6 Å². The van der Waals surface area contributed by atoms with Gasteiger partial charge in [0.1, 0.15) is 17.2 Å². The summed E-state index contributed by atoms with van der Waals surface area (Å²) in [7, 11) is 1.51. The minimum Gasteiger partial charge on any atom is -0.356 e. The number of nitrogens with one attached hydrogen (secondary N) is 2. The summed E-state index contributed by atoms with van der Waals surface area (Å²) < 4.78 is 16.8. The Morgan fingerprint density at radius 1 is 1.21 bits per heavy atom. The van der Waals surface area contributed by atoms with Gasteiger partial charge in [-0.25, -0.2) is 4.39 Å². The first-order valence-electron chi connectivity index (χ1n) is 12.0. The van der Waals surface area contributed by atoms with Crippen LogP contribution in [0.1, 0.15) is 28.8 Å². The molecule has 0 bridgehead atoms. The van der Waals surface area contributed by atoms with E-state index in [0.717, 1.165) is 12.8 Å². The number of aliphatic hydroxyl groups is 1. The largest absolute Gasteiger partial charge is 0.356 e. The molecule has 5 N–H and O–H groups in total. The number of carbonyl (C=O) groups is 2. The van der Waals surface area contributed by atoms with Gasteiger partial charge in [-0.3, -0.25) is 28.8 Å². The lowest BCUT2D eigenvalue weighted by molar-refractivity contribution is -0.114. The highest BCUT2D eigenvalue weighted by atomic mass is 127. The van der Waals surface area contributed by atoms with Crippen LogP contribution in [0.2, 0.25) is 0 Å². The number of nitrogens with two attached hydrogens (primary N) is 1. The Bertz CT molecular complexity index is 1520. The van der Waals surface area contributed by atoms with Crippen LogP contribution in [0.5, 0.6) is 0 Å². The second-order valence-corrected chi connectivity index (χ2v) is 10.5. The van der Waals surface area contributed by atoms with Crippen LogP contribution in [0.3, 0.4) is 0 Å². The third-order valence-electron chi connectivity index (χ3n) is 6.68. The van der Waals surface area contributed by atoms with Crippen molar-refractivity contribution in [1.82, 2.24) is 9.47 Å². The lowest BCUT2D eigenvalue weighted by atomic mass is 10.0. The molecule has 0 saturated heterocycles. The van der Waals surface area contributed by atoms with E-state index in [0.29, 0.717) is 14.9 Å². The number of aromatic nitrogens is 1. The van der Waals surface area contributed by atoms with E-state index in [-0.39, 0.29) is 40.9 Å².